The van der Waals surface area contributed by atoms with Gasteiger partial charge in [-0.25, -0.2) is 4.98 Å². The molecule has 40 heavy (non-hydrogen) atoms. The van der Waals surface area contributed by atoms with E-state index in [1.165, 1.54) is 13.2 Å². The van der Waals surface area contributed by atoms with Crippen LogP contribution in [-0.2, 0) is 11.7 Å². The Morgan fingerprint density at radius 2 is 1.82 bits per heavy atom. The van der Waals surface area contributed by atoms with Gasteiger partial charge in [0.25, 0.3) is 5.91 Å². The highest BCUT2D eigenvalue weighted by Gasteiger charge is 2.57. The van der Waals surface area contributed by atoms with Crippen LogP contribution in [0.1, 0.15) is 58.6 Å². The van der Waals surface area contributed by atoms with Crippen LogP contribution in [-0.4, -0.2) is 60.0 Å². The fraction of sp³-hybridized carbons (Fsp3) is 0.414. The molecule has 8 nitrogen and oxygen atoms in total. The molecule has 1 saturated heterocycles. The Balaban J connectivity index is 1.31. The lowest BCUT2D eigenvalue weighted by Crippen LogP contribution is -2.29. The molecule has 1 spiro atoms. The van der Waals surface area contributed by atoms with E-state index in [-0.39, 0.29) is 23.2 Å². The number of fused-ring (bicyclic) bond motifs is 2. The number of rotatable bonds is 6. The number of alkyl halides is 3. The molecule has 3 heterocycles. The third kappa shape index (κ3) is 4.51. The van der Waals surface area contributed by atoms with E-state index in [0.29, 0.717) is 23.6 Å². The molecule has 0 bridgehead atoms. The lowest BCUT2D eigenvalue weighted by molar-refractivity contribution is -0.139. The third-order valence-electron chi connectivity index (χ3n) is 8.34. The molecule has 1 N–H and O–H groups in total. The molecule has 1 aromatic heterocycles. The van der Waals surface area contributed by atoms with Crippen molar-refractivity contribution in [2.75, 3.05) is 39.6 Å². The molecule has 1 aliphatic carbocycles. The molecular weight excluding hydrogens is 523 g/mol. The minimum atomic E-state index is -4.77. The number of piperidine rings is 1. The van der Waals surface area contributed by atoms with Crippen molar-refractivity contribution >= 4 is 17.5 Å². The van der Waals surface area contributed by atoms with Crippen LogP contribution in [0, 0.1) is 0 Å². The minimum absolute atomic E-state index is 0.0355. The van der Waals surface area contributed by atoms with E-state index in [0.717, 1.165) is 49.9 Å². The number of benzene rings is 2. The highest BCUT2D eigenvalue weighted by Crippen LogP contribution is 2.57. The molecule has 1 amide bonds. The summed E-state index contributed by atoms with van der Waals surface area (Å²) in [4.78, 5) is 25.0. The number of hydrogen-bond acceptors (Lipinski definition) is 7. The summed E-state index contributed by atoms with van der Waals surface area (Å²) in [5, 5.41) is 2.98. The van der Waals surface area contributed by atoms with Crippen LogP contribution in [0.25, 0.3) is 0 Å². The summed E-state index contributed by atoms with van der Waals surface area (Å²) in [7, 11) is 5.35. The maximum absolute atomic E-state index is 13.9. The summed E-state index contributed by atoms with van der Waals surface area (Å²) in [6.45, 7) is 2.03. The van der Waals surface area contributed by atoms with Gasteiger partial charge in [-0.2, -0.15) is 18.2 Å². The first-order valence-electron chi connectivity index (χ1n) is 13.3. The van der Waals surface area contributed by atoms with Crippen LogP contribution in [0.5, 0.6) is 17.4 Å². The van der Waals surface area contributed by atoms with Gasteiger partial charge in [-0.1, -0.05) is 18.2 Å². The summed E-state index contributed by atoms with van der Waals surface area (Å²) in [5.74, 6) is -0.0837. The van der Waals surface area contributed by atoms with Crippen molar-refractivity contribution < 1.29 is 27.4 Å². The Labute approximate surface area is 230 Å². The smallest absolute Gasteiger partial charge is 0.423 e. The molecule has 0 unspecified atom stereocenters. The largest absolute Gasteiger partial charge is 0.495 e. The fourth-order valence-electron chi connectivity index (χ4n) is 5.82. The number of likely N-dealkylation sites (tertiary alicyclic amines) is 1. The first-order valence-corrected chi connectivity index (χ1v) is 13.3. The normalized spacial score (nSPS) is 18.6. The number of carbonyl (C=O) groups excluding carboxylic acids is 1. The van der Waals surface area contributed by atoms with Crippen molar-refractivity contribution in [3.63, 3.8) is 0 Å². The summed E-state index contributed by atoms with van der Waals surface area (Å²) >= 11 is 0. The second kappa shape index (κ2) is 9.65. The molecule has 0 atom stereocenters. The predicted molar refractivity (Wildman–Crippen MR) is 142 cm³/mol. The van der Waals surface area contributed by atoms with Crippen LogP contribution >= 0.6 is 0 Å². The first kappa shape index (κ1) is 26.4. The van der Waals surface area contributed by atoms with Gasteiger partial charge in [0.2, 0.25) is 11.8 Å². The van der Waals surface area contributed by atoms with Gasteiger partial charge in [0.05, 0.1) is 23.9 Å². The van der Waals surface area contributed by atoms with Gasteiger partial charge < -0.3 is 24.6 Å². The molecule has 6 rings (SSSR count). The maximum atomic E-state index is 13.9. The van der Waals surface area contributed by atoms with Gasteiger partial charge in [-0.15, -0.1) is 0 Å². The SMILES string of the molecule is COc1cc(C2CCN(C)CC2)ccc1Nc1ncc(C(F)(F)F)c(Oc2cccc3c2C(=O)N(C)C32CC2)n1. The van der Waals surface area contributed by atoms with E-state index in [1.807, 2.05) is 24.3 Å². The predicted octanol–water partition coefficient (Wildman–Crippen LogP) is 5.92. The Bertz CT molecular complexity index is 1470. The number of nitrogens with zero attached hydrogens (tertiary/aromatic N) is 4. The highest BCUT2D eigenvalue weighted by molar-refractivity contribution is 6.03. The molecule has 3 aliphatic rings. The summed E-state index contributed by atoms with van der Waals surface area (Å²) in [6.07, 6.45) is -0.393. The molecular formula is C29H30F3N5O3. The summed E-state index contributed by atoms with van der Waals surface area (Å²) in [5.41, 5.74) is 1.17. The van der Waals surface area contributed by atoms with Crippen molar-refractivity contribution in [1.29, 1.82) is 0 Å². The quantitative estimate of drug-likeness (QED) is 0.406. The van der Waals surface area contributed by atoms with Crippen LogP contribution in [0.15, 0.2) is 42.6 Å². The van der Waals surface area contributed by atoms with E-state index in [1.54, 1.807) is 18.0 Å². The van der Waals surface area contributed by atoms with E-state index in [2.05, 4.69) is 27.2 Å². The van der Waals surface area contributed by atoms with E-state index in [4.69, 9.17) is 9.47 Å². The maximum Gasteiger partial charge on any atom is 0.423 e. The zero-order chi connectivity index (χ0) is 28.2. The number of amides is 1. The molecule has 0 radical (unpaired) electrons. The lowest BCUT2D eigenvalue weighted by atomic mass is 9.89. The molecule has 2 aliphatic heterocycles. The van der Waals surface area contributed by atoms with Gasteiger partial charge in [0.1, 0.15) is 17.1 Å². The van der Waals surface area contributed by atoms with Gasteiger partial charge in [0.15, 0.2) is 0 Å². The van der Waals surface area contributed by atoms with Crippen LogP contribution in [0.3, 0.4) is 0 Å². The van der Waals surface area contributed by atoms with E-state index < -0.39 is 23.2 Å². The zero-order valence-electron chi connectivity index (χ0n) is 22.5. The number of methoxy groups -OCH3 is 1. The number of ether oxygens (including phenoxy) is 2. The minimum Gasteiger partial charge on any atom is -0.495 e. The molecule has 1 saturated carbocycles. The van der Waals surface area contributed by atoms with Gasteiger partial charge in [-0.05, 0) is 81.1 Å². The second-order valence-corrected chi connectivity index (χ2v) is 10.7. The summed E-state index contributed by atoms with van der Waals surface area (Å²) < 4.78 is 53.2. The molecule has 210 valence electrons. The average molecular weight is 554 g/mol. The van der Waals surface area contributed by atoms with E-state index >= 15 is 0 Å². The zero-order valence-corrected chi connectivity index (χ0v) is 22.5. The monoisotopic (exact) mass is 553 g/mol. The second-order valence-electron chi connectivity index (χ2n) is 10.7. The molecule has 2 fully saturated rings. The number of halogens is 3. The number of carbonyl (C=O) groups is 1. The van der Waals surface area contributed by atoms with Gasteiger partial charge in [0, 0.05) is 13.2 Å². The van der Waals surface area contributed by atoms with Gasteiger partial charge >= 0.3 is 6.18 Å². The number of aromatic nitrogens is 2. The standard InChI is InChI=1S/C29H30F3N5O3/c1-36-13-9-17(10-14-36)18-7-8-21(23(15-18)39-3)34-27-33-16-20(29(30,31)32)25(35-27)40-22-6-4-5-19-24(22)26(38)37(2)28(19)11-12-28/h4-8,15-17H,9-14H2,1-3H3,(H,33,34,35). The van der Waals surface area contributed by atoms with Crippen molar-refractivity contribution in [1.82, 2.24) is 19.8 Å². The van der Waals surface area contributed by atoms with Crippen molar-refractivity contribution in [2.45, 2.75) is 43.3 Å². The molecule has 11 heteroatoms. The lowest BCUT2D eigenvalue weighted by Gasteiger charge is -2.29. The number of nitrogens with one attached hydrogen (secondary N) is 1. The Morgan fingerprint density at radius 1 is 1.07 bits per heavy atom. The fourth-order valence-corrected chi connectivity index (χ4v) is 5.82. The van der Waals surface area contributed by atoms with Gasteiger partial charge in [-0.3, -0.25) is 4.79 Å². The molecule has 2 aromatic carbocycles. The van der Waals surface area contributed by atoms with Crippen molar-refractivity contribution in [3.05, 3.63) is 64.8 Å². The van der Waals surface area contributed by atoms with Crippen molar-refractivity contribution in [2.24, 2.45) is 0 Å². The van der Waals surface area contributed by atoms with Crippen LogP contribution in [0.4, 0.5) is 24.8 Å². The first-order chi connectivity index (χ1) is 19.1. The average Bonchev–Trinajstić information content (AvgIpc) is 3.71. The Hall–Kier alpha value is -3.86. The van der Waals surface area contributed by atoms with E-state index in [9.17, 15) is 18.0 Å². The van der Waals surface area contributed by atoms with Crippen LogP contribution < -0.4 is 14.8 Å². The highest BCUT2D eigenvalue weighted by atomic mass is 19.4. The Morgan fingerprint density at radius 3 is 2.50 bits per heavy atom. The number of anilines is 2. The molecule has 3 aromatic rings. The van der Waals surface area contributed by atoms with Crippen molar-refractivity contribution in [3.8, 4) is 17.4 Å². The van der Waals surface area contributed by atoms with Crippen LogP contribution in [0.2, 0.25) is 0 Å². The third-order valence-corrected chi connectivity index (χ3v) is 8.34. The topological polar surface area (TPSA) is 79.8 Å². The number of hydrogen-bond donors (Lipinski definition) is 1. The Kier molecular flexibility index (Phi) is 6.36. The summed E-state index contributed by atoms with van der Waals surface area (Å²) in [6, 6.07) is 10.8.